The summed E-state index contributed by atoms with van der Waals surface area (Å²) < 4.78 is 5.34. The SMILES string of the molecule is CC1SCC(c2noc(-c3ccnc(C#N)c3)n2)SC1C. The Hall–Kier alpha value is -1.52. The van der Waals surface area contributed by atoms with E-state index in [4.69, 9.17) is 9.78 Å². The number of nitrogens with zero attached hydrogens (tertiary/aromatic N) is 4. The van der Waals surface area contributed by atoms with E-state index >= 15 is 0 Å². The first-order valence-electron chi connectivity index (χ1n) is 6.64. The number of thioether (sulfide) groups is 2. The highest BCUT2D eigenvalue weighted by Crippen LogP contribution is 2.43. The van der Waals surface area contributed by atoms with Crippen molar-refractivity contribution in [2.75, 3.05) is 5.75 Å². The molecule has 1 aliphatic rings. The molecule has 21 heavy (non-hydrogen) atoms. The first-order valence-corrected chi connectivity index (χ1v) is 8.63. The van der Waals surface area contributed by atoms with Gasteiger partial charge in [0.15, 0.2) is 5.82 Å². The Kier molecular flexibility index (Phi) is 4.17. The van der Waals surface area contributed by atoms with Crippen molar-refractivity contribution in [1.82, 2.24) is 15.1 Å². The van der Waals surface area contributed by atoms with Crippen LogP contribution in [0.1, 0.15) is 30.6 Å². The molecule has 0 aliphatic carbocycles. The summed E-state index contributed by atoms with van der Waals surface area (Å²) in [6.45, 7) is 4.48. The molecule has 0 saturated carbocycles. The van der Waals surface area contributed by atoms with E-state index in [0.717, 1.165) is 17.1 Å². The fourth-order valence-corrected chi connectivity index (χ4v) is 4.86. The minimum Gasteiger partial charge on any atom is -0.334 e. The number of hydrogen-bond donors (Lipinski definition) is 0. The van der Waals surface area contributed by atoms with Gasteiger partial charge in [0, 0.05) is 28.0 Å². The Morgan fingerprint density at radius 1 is 1.38 bits per heavy atom. The van der Waals surface area contributed by atoms with Gasteiger partial charge in [-0.15, -0.1) is 11.8 Å². The van der Waals surface area contributed by atoms with Crippen molar-refractivity contribution in [3.05, 3.63) is 29.8 Å². The lowest BCUT2D eigenvalue weighted by Crippen LogP contribution is -2.22. The second kappa shape index (κ2) is 6.08. The Bertz CT molecular complexity index is 682. The Morgan fingerprint density at radius 2 is 2.24 bits per heavy atom. The zero-order valence-electron chi connectivity index (χ0n) is 11.7. The lowest BCUT2D eigenvalue weighted by molar-refractivity contribution is 0.423. The standard InChI is InChI=1S/C14H14N4OS2/c1-8-9(2)21-12(7-20-8)13-17-14(19-18-13)10-3-4-16-11(5-10)6-15/h3-5,8-9,12H,7H2,1-2H3. The van der Waals surface area contributed by atoms with Gasteiger partial charge in [0.05, 0.1) is 5.25 Å². The van der Waals surface area contributed by atoms with Gasteiger partial charge in [-0.05, 0) is 12.1 Å². The van der Waals surface area contributed by atoms with Crippen molar-refractivity contribution in [1.29, 1.82) is 5.26 Å². The van der Waals surface area contributed by atoms with Gasteiger partial charge in [-0.3, -0.25) is 0 Å². The van der Waals surface area contributed by atoms with Crippen LogP contribution in [-0.2, 0) is 0 Å². The van der Waals surface area contributed by atoms with E-state index in [0.29, 0.717) is 22.1 Å². The molecule has 108 valence electrons. The average Bonchev–Trinajstić information content (AvgIpc) is 3.00. The van der Waals surface area contributed by atoms with Crippen LogP contribution in [0.25, 0.3) is 11.5 Å². The third kappa shape index (κ3) is 3.06. The molecule has 2 aromatic heterocycles. The van der Waals surface area contributed by atoms with Crippen molar-refractivity contribution < 1.29 is 4.52 Å². The van der Waals surface area contributed by atoms with Crippen LogP contribution in [-0.4, -0.2) is 31.4 Å². The fourth-order valence-electron chi connectivity index (χ4n) is 2.03. The van der Waals surface area contributed by atoms with E-state index in [-0.39, 0.29) is 5.25 Å². The smallest absolute Gasteiger partial charge is 0.258 e. The van der Waals surface area contributed by atoms with Crippen LogP contribution in [0, 0.1) is 11.3 Å². The minimum absolute atomic E-state index is 0.260. The summed E-state index contributed by atoms with van der Waals surface area (Å²) in [7, 11) is 0. The molecule has 0 N–H and O–H groups in total. The molecule has 3 unspecified atom stereocenters. The summed E-state index contributed by atoms with van der Waals surface area (Å²) in [5, 5.41) is 14.5. The van der Waals surface area contributed by atoms with Gasteiger partial charge in [-0.2, -0.15) is 22.0 Å². The zero-order valence-corrected chi connectivity index (χ0v) is 13.3. The highest BCUT2D eigenvalue weighted by Gasteiger charge is 2.30. The molecular formula is C14H14N4OS2. The van der Waals surface area contributed by atoms with Crippen LogP contribution in [0.2, 0.25) is 0 Å². The molecule has 3 heterocycles. The maximum atomic E-state index is 8.89. The second-order valence-corrected chi connectivity index (χ2v) is 7.86. The molecule has 1 aliphatic heterocycles. The fraction of sp³-hybridized carbons (Fsp3) is 0.429. The van der Waals surface area contributed by atoms with Crippen molar-refractivity contribution in [2.45, 2.75) is 29.6 Å². The first-order chi connectivity index (χ1) is 10.2. The molecule has 3 atom stereocenters. The molecular weight excluding hydrogens is 304 g/mol. The van der Waals surface area contributed by atoms with Gasteiger partial charge in [-0.25, -0.2) is 4.98 Å². The molecule has 2 aromatic rings. The van der Waals surface area contributed by atoms with Crippen LogP contribution in [0.4, 0.5) is 0 Å². The van der Waals surface area contributed by atoms with Gasteiger partial charge < -0.3 is 4.52 Å². The van der Waals surface area contributed by atoms with Crippen molar-refractivity contribution >= 4 is 23.5 Å². The van der Waals surface area contributed by atoms with Crippen LogP contribution < -0.4 is 0 Å². The van der Waals surface area contributed by atoms with Gasteiger partial charge in [0.2, 0.25) is 0 Å². The number of pyridine rings is 1. The van der Waals surface area contributed by atoms with E-state index in [2.05, 4.69) is 29.0 Å². The molecule has 0 amide bonds. The Morgan fingerprint density at radius 3 is 3.00 bits per heavy atom. The Balaban J connectivity index is 1.82. The highest BCUT2D eigenvalue weighted by molar-refractivity contribution is 8.07. The summed E-state index contributed by atoms with van der Waals surface area (Å²) in [5.41, 5.74) is 1.08. The third-order valence-electron chi connectivity index (χ3n) is 3.40. The highest BCUT2D eigenvalue weighted by atomic mass is 32.2. The average molecular weight is 318 g/mol. The number of aromatic nitrogens is 3. The summed E-state index contributed by atoms with van der Waals surface area (Å²) in [6.07, 6.45) is 1.58. The van der Waals surface area contributed by atoms with Gasteiger partial charge in [0.25, 0.3) is 5.89 Å². The molecule has 0 radical (unpaired) electrons. The van der Waals surface area contributed by atoms with Crippen LogP contribution in [0.3, 0.4) is 0 Å². The van der Waals surface area contributed by atoms with E-state index in [1.54, 1.807) is 18.3 Å². The molecule has 0 spiro atoms. The molecule has 3 rings (SSSR count). The maximum Gasteiger partial charge on any atom is 0.258 e. The lowest BCUT2D eigenvalue weighted by atomic mass is 10.2. The predicted molar refractivity (Wildman–Crippen MR) is 84.0 cm³/mol. The summed E-state index contributed by atoms with van der Waals surface area (Å²) >= 11 is 3.84. The van der Waals surface area contributed by atoms with Crippen LogP contribution in [0.15, 0.2) is 22.9 Å². The molecule has 7 heteroatoms. The van der Waals surface area contributed by atoms with Crippen LogP contribution >= 0.6 is 23.5 Å². The maximum absolute atomic E-state index is 8.89. The zero-order chi connectivity index (χ0) is 14.8. The molecule has 1 saturated heterocycles. The number of rotatable bonds is 2. The largest absolute Gasteiger partial charge is 0.334 e. The monoisotopic (exact) mass is 318 g/mol. The second-order valence-electron chi connectivity index (χ2n) is 4.87. The van der Waals surface area contributed by atoms with Crippen molar-refractivity contribution in [2.24, 2.45) is 0 Å². The quantitative estimate of drug-likeness (QED) is 0.840. The number of hydrogen-bond acceptors (Lipinski definition) is 7. The molecule has 5 nitrogen and oxygen atoms in total. The first kappa shape index (κ1) is 14.4. The minimum atomic E-state index is 0.260. The predicted octanol–water partition coefficient (Wildman–Crippen LogP) is 3.30. The Labute approximate surface area is 131 Å². The topological polar surface area (TPSA) is 75.6 Å². The lowest BCUT2D eigenvalue weighted by Gasteiger charge is -2.29. The molecule has 0 aromatic carbocycles. The van der Waals surface area contributed by atoms with E-state index in [9.17, 15) is 0 Å². The van der Waals surface area contributed by atoms with Gasteiger partial charge in [-0.1, -0.05) is 19.0 Å². The van der Waals surface area contributed by atoms with Crippen molar-refractivity contribution in [3.63, 3.8) is 0 Å². The molecule has 0 bridgehead atoms. The summed E-state index contributed by atoms with van der Waals surface area (Å²) in [4.78, 5) is 8.43. The number of nitriles is 1. The van der Waals surface area contributed by atoms with E-state index in [1.807, 2.05) is 29.6 Å². The van der Waals surface area contributed by atoms with Gasteiger partial charge in [0.1, 0.15) is 11.8 Å². The van der Waals surface area contributed by atoms with Crippen molar-refractivity contribution in [3.8, 4) is 17.5 Å². The van der Waals surface area contributed by atoms with E-state index < -0.39 is 0 Å². The van der Waals surface area contributed by atoms with E-state index in [1.165, 1.54) is 0 Å². The van der Waals surface area contributed by atoms with Gasteiger partial charge >= 0.3 is 0 Å². The normalized spacial score (nSPS) is 25.5. The van der Waals surface area contributed by atoms with Crippen LogP contribution in [0.5, 0.6) is 0 Å². The summed E-state index contributed by atoms with van der Waals surface area (Å²) in [5.74, 6) is 2.17. The summed E-state index contributed by atoms with van der Waals surface area (Å²) in [6, 6.07) is 5.44. The molecule has 1 fully saturated rings. The third-order valence-corrected chi connectivity index (χ3v) is 6.79.